The van der Waals surface area contributed by atoms with Crippen molar-refractivity contribution in [2.24, 2.45) is 4.40 Å². The zero-order valence-electron chi connectivity index (χ0n) is 16.5. The first-order valence-corrected chi connectivity index (χ1v) is 10.6. The summed E-state index contributed by atoms with van der Waals surface area (Å²) in [6.45, 7) is 5.47. The molecule has 1 aromatic carbocycles. The van der Waals surface area contributed by atoms with Crippen molar-refractivity contribution in [1.29, 1.82) is 0 Å². The molecule has 0 aromatic heterocycles. The summed E-state index contributed by atoms with van der Waals surface area (Å²) >= 11 is 0. The van der Waals surface area contributed by atoms with Crippen molar-refractivity contribution in [3.63, 3.8) is 0 Å². The molecule has 0 atom stereocenters. The molecule has 0 unspecified atom stereocenters. The summed E-state index contributed by atoms with van der Waals surface area (Å²) < 4.78 is 61.7. The average Bonchev–Trinajstić information content (AvgIpc) is 2.59. The van der Waals surface area contributed by atoms with Gasteiger partial charge in [0.25, 0.3) is 10.0 Å². The molecule has 0 aliphatic carbocycles. The van der Waals surface area contributed by atoms with Gasteiger partial charge in [0, 0.05) is 25.9 Å². The molecule has 1 saturated heterocycles. The molecule has 0 spiro atoms. The van der Waals surface area contributed by atoms with Crippen molar-refractivity contribution < 1.29 is 26.7 Å². The van der Waals surface area contributed by atoms with Crippen LogP contribution in [0.25, 0.3) is 0 Å². The molecular formula is C18H24F2N4O4S. The minimum absolute atomic E-state index is 0.0705. The second-order valence-corrected chi connectivity index (χ2v) is 9.72. The van der Waals surface area contributed by atoms with Gasteiger partial charge in [0.05, 0.1) is 12.2 Å². The number of ether oxygens (including phenoxy) is 1. The molecule has 0 saturated carbocycles. The molecule has 2 N–H and O–H groups in total. The zero-order chi connectivity index (χ0) is 21.4. The Kier molecular flexibility index (Phi) is 5.46. The molecule has 0 radical (unpaired) electrons. The Hall–Kier alpha value is -2.43. The first-order chi connectivity index (χ1) is 13.4. The van der Waals surface area contributed by atoms with Gasteiger partial charge in [-0.3, -0.25) is 0 Å². The van der Waals surface area contributed by atoms with E-state index in [1.165, 1.54) is 11.0 Å². The van der Waals surface area contributed by atoms with E-state index in [4.69, 9.17) is 4.74 Å². The van der Waals surface area contributed by atoms with E-state index in [9.17, 15) is 17.6 Å². The fraction of sp³-hybridized carbons (Fsp3) is 0.556. The largest absolute Gasteiger partial charge is 0.444 e. The molecule has 0 bridgehead atoms. The number of nitrogens with one attached hydrogen (secondary N) is 2. The Labute approximate surface area is 168 Å². The third-order valence-corrected chi connectivity index (χ3v) is 5.89. The smallest absolute Gasteiger partial charge is 0.410 e. The number of carbonyl (C=O) groups is 1. The molecule has 160 valence electrons. The SMILES string of the molecule is CC(C)(C)OC(=O)N1CCC(F)(CNC2=NS(=O)(=O)c3cc(F)ccc3N2)CC1. The number of nitrogens with zero attached hydrogens (tertiary/aromatic N) is 2. The van der Waals surface area contributed by atoms with E-state index in [2.05, 4.69) is 15.0 Å². The first-order valence-electron chi connectivity index (χ1n) is 9.19. The van der Waals surface area contributed by atoms with Crippen molar-refractivity contribution in [1.82, 2.24) is 10.2 Å². The molecule has 2 heterocycles. The van der Waals surface area contributed by atoms with E-state index in [1.807, 2.05) is 0 Å². The number of carbonyl (C=O) groups excluding carboxylic acids is 1. The maximum Gasteiger partial charge on any atom is 0.410 e. The lowest BCUT2D eigenvalue weighted by Crippen LogP contribution is -2.51. The van der Waals surface area contributed by atoms with Gasteiger partial charge in [0.15, 0.2) is 0 Å². The summed E-state index contributed by atoms with van der Waals surface area (Å²) in [6, 6.07) is 3.28. The van der Waals surface area contributed by atoms with Gasteiger partial charge in [-0.05, 0) is 39.0 Å². The summed E-state index contributed by atoms with van der Waals surface area (Å²) in [6.07, 6.45) is -0.344. The number of halogens is 2. The minimum atomic E-state index is -4.09. The molecule has 1 amide bonds. The van der Waals surface area contributed by atoms with Crippen molar-refractivity contribution in [2.45, 2.75) is 49.8 Å². The number of fused-ring (bicyclic) bond motifs is 1. The Balaban J connectivity index is 1.59. The lowest BCUT2D eigenvalue weighted by atomic mass is 9.93. The van der Waals surface area contributed by atoms with Gasteiger partial charge in [0.2, 0.25) is 5.96 Å². The van der Waals surface area contributed by atoms with Crippen molar-refractivity contribution in [2.75, 3.05) is 25.0 Å². The van der Waals surface area contributed by atoms with E-state index in [-0.39, 0.29) is 49.0 Å². The van der Waals surface area contributed by atoms with E-state index >= 15 is 4.39 Å². The van der Waals surface area contributed by atoms with Gasteiger partial charge in [0.1, 0.15) is 22.0 Å². The first kappa shape index (κ1) is 21.3. The van der Waals surface area contributed by atoms with Gasteiger partial charge in [-0.2, -0.15) is 8.42 Å². The van der Waals surface area contributed by atoms with Crippen LogP contribution in [0.15, 0.2) is 27.5 Å². The predicted molar refractivity (Wildman–Crippen MR) is 104 cm³/mol. The molecule has 1 aromatic rings. The van der Waals surface area contributed by atoms with E-state index in [0.717, 1.165) is 12.1 Å². The minimum Gasteiger partial charge on any atom is -0.444 e. The monoisotopic (exact) mass is 430 g/mol. The number of anilines is 1. The number of benzene rings is 1. The summed E-state index contributed by atoms with van der Waals surface area (Å²) in [7, 11) is -4.09. The highest BCUT2D eigenvalue weighted by atomic mass is 32.2. The number of sulfonamides is 1. The number of piperidine rings is 1. The van der Waals surface area contributed by atoms with Crippen molar-refractivity contribution in [3.8, 4) is 0 Å². The van der Waals surface area contributed by atoms with Crippen molar-refractivity contribution >= 4 is 27.8 Å². The lowest BCUT2D eigenvalue weighted by molar-refractivity contribution is 0.00423. The number of hydrogen-bond donors (Lipinski definition) is 2. The van der Waals surface area contributed by atoms with Crippen molar-refractivity contribution in [3.05, 3.63) is 24.0 Å². The molecular weight excluding hydrogens is 406 g/mol. The number of amides is 1. The van der Waals surface area contributed by atoms with E-state index < -0.39 is 33.2 Å². The lowest BCUT2D eigenvalue weighted by Gasteiger charge is -2.37. The number of guanidine groups is 1. The Morgan fingerprint density at radius 1 is 1.34 bits per heavy atom. The number of hydrogen-bond acceptors (Lipinski definition) is 6. The number of alkyl halides is 1. The second-order valence-electron chi connectivity index (χ2n) is 8.15. The molecule has 1 fully saturated rings. The van der Waals surface area contributed by atoms with Gasteiger partial charge >= 0.3 is 6.09 Å². The highest BCUT2D eigenvalue weighted by Gasteiger charge is 2.38. The normalized spacial score (nSPS) is 20.2. The Bertz CT molecular complexity index is 936. The summed E-state index contributed by atoms with van der Waals surface area (Å²) in [5.41, 5.74) is -2.11. The Morgan fingerprint density at radius 3 is 2.62 bits per heavy atom. The highest BCUT2D eigenvalue weighted by molar-refractivity contribution is 7.90. The van der Waals surface area contributed by atoms with Gasteiger partial charge in [-0.1, -0.05) is 0 Å². The van der Waals surface area contributed by atoms with Crippen LogP contribution in [-0.4, -0.2) is 56.3 Å². The second kappa shape index (κ2) is 7.43. The van der Waals surface area contributed by atoms with Crippen LogP contribution in [0, 0.1) is 5.82 Å². The van der Waals surface area contributed by atoms with Gasteiger partial charge < -0.3 is 20.3 Å². The highest BCUT2D eigenvalue weighted by Crippen LogP contribution is 2.29. The van der Waals surface area contributed by atoms with Crippen LogP contribution in [0.5, 0.6) is 0 Å². The zero-order valence-corrected chi connectivity index (χ0v) is 17.3. The van der Waals surface area contributed by atoms with Gasteiger partial charge in [-0.15, -0.1) is 4.40 Å². The summed E-state index contributed by atoms with van der Waals surface area (Å²) in [5, 5.41) is 5.41. The third-order valence-electron chi connectivity index (χ3n) is 4.57. The van der Waals surface area contributed by atoms with Crippen LogP contribution in [0.4, 0.5) is 19.3 Å². The maximum absolute atomic E-state index is 15.1. The van der Waals surface area contributed by atoms with Gasteiger partial charge in [-0.25, -0.2) is 13.6 Å². The topological polar surface area (TPSA) is 100 Å². The molecule has 2 aliphatic heterocycles. The quantitative estimate of drug-likeness (QED) is 0.748. The maximum atomic E-state index is 15.1. The van der Waals surface area contributed by atoms with E-state index in [0.29, 0.717) is 0 Å². The number of likely N-dealkylation sites (tertiary alicyclic amines) is 1. The summed E-state index contributed by atoms with van der Waals surface area (Å²) in [5.74, 6) is -0.823. The van der Waals surface area contributed by atoms with Crippen LogP contribution in [0.1, 0.15) is 33.6 Å². The summed E-state index contributed by atoms with van der Waals surface area (Å²) in [4.78, 5) is 13.3. The Morgan fingerprint density at radius 2 is 2.00 bits per heavy atom. The number of rotatable bonds is 2. The molecule has 3 rings (SSSR count). The van der Waals surface area contributed by atoms with Crippen LogP contribution >= 0.6 is 0 Å². The predicted octanol–water partition coefficient (Wildman–Crippen LogP) is 2.62. The standard InChI is InChI=1S/C18H24F2N4O4S/c1-17(2,3)28-16(25)24-8-6-18(20,7-9-24)11-21-15-22-13-5-4-12(19)10-14(13)29(26,27)23-15/h4-5,10H,6-9,11H2,1-3H3,(H2,21,22,23). The van der Waals surface area contributed by atoms with Crippen LogP contribution < -0.4 is 10.6 Å². The van der Waals surface area contributed by atoms with Crippen LogP contribution in [0.3, 0.4) is 0 Å². The molecule has 2 aliphatic rings. The van der Waals surface area contributed by atoms with Crippen LogP contribution in [-0.2, 0) is 14.8 Å². The fourth-order valence-corrected chi connectivity index (χ4v) is 4.15. The molecule has 29 heavy (non-hydrogen) atoms. The molecule has 8 nitrogen and oxygen atoms in total. The molecule has 11 heteroatoms. The third kappa shape index (κ3) is 5.14. The van der Waals surface area contributed by atoms with Crippen LogP contribution in [0.2, 0.25) is 0 Å². The fourth-order valence-electron chi connectivity index (χ4n) is 3.04. The van der Waals surface area contributed by atoms with E-state index in [1.54, 1.807) is 20.8 Å². The average molecular weight is 430 g/mol.